The van der Waals surface area contributed by atoms with Crippen LogP contribution < -0.4 is 0 Å². The number of alkyl halides is 2. The van der Waals surface area contributed by atoms with Crippen LogP contribution in [0.2, 0.25) is 0 Å². The molecule has 1 heterocycles. The Labute approximate surface area is 171 Å². The Bertz CT molecular complexity index is 1080. The van der Waals surface area contributed by atoms with Crippen LogP contribution in [-0.2, 0) is 17.9 Å². The molecule has 1 N–H and O–H groups in total. The van der Waals surface area contributed by atoms with E-state index in [-0.39, 0.29) is 0 Å². The van der Waals surface area contributed by atoms with Crippen molar-refractivity contribution < 1.29 is 22.7 Å². The highest BCUT2D eigenvalue weighted by atomic mass is 19.3. The number of nitrogens with zero attached hydrogens (tertiary/aromatic N) is 2. The van der Waals surface area contributed by atoms with Gasteiger partial charge in [-0.15, -0.1) is 0 Å². The highest BCUT2D eigenvalue weighted by Crippen LogP contribution is 2.47. The number of benzene rings is 2. The Morgan fingerprint density at radius 1 is 1.00 bits per heavy atom. The third kappa shape index (κ3) is 3.91. The van der Waals surface area contributed by atoms with Gasteiger partial charge in [0.25, 0.3) is 0 Å². The monoisotopic (exact) mass is 414 g/mol. The minimum Gasteiger partial charge on any atom is -0.378 e. The number of aromatic nitrogens is 1. The van der Waals surface area contributed by atoms with Crippen LogP contribution in [-0.4, -0.2) is 10.1 Å². The zero-order valence-electron chi connectivity index (χ0n) is 16.0. The third-order valence-corrected chi connectivity index (χ3v) is 5.05. The lowest BCUT2D eigenvalue weighted by atomic mass is 9.82. The molecule has 0 fully saturated rings. The topological polar surface area (TPSA) is 56.9 Å². The van der Waals surface area contributed by atoms with Gasteiger partial charge in [0.15, 0.2) is 5.60 Å². The number of aliphatic hydroxyl groups is 1. The molecule has 7 heteroatoms. The molecule has 3 rings (SSSR count). The van der Waals surface area contributed by atoms with Crippen molar-refractivity contribution >= 4 is 0 Å². The minimum atomic E-state index is -3.92. The van der Waals surface area contributed by atoms with Gasteiger partial charge in [-0.05, 0) is 48.2 Å². The summed E-state index contributed by atoms with van der Waals surface area (Å²) in [5.41, 5.74) is -2.29. The zero-order valence-corrected chi connectivity index (χ0v) is 16.0. The minimum absolute atomic E-state index is 0.412. The first kappa shape index (κ1) is 21.5. The Kier molecular flexibility index (Phi) is 5.90. The van der Waals surface area contributed by atoms with Gasteiger partial charge in [0.05, 0.1) is 11.6 Å². The fourth-order valence-electron chi connectivity index (χ4n) is 3.27. The van der Waals surface area contributed by atoms with Crippen LogP contribution >= 0.6 is 0 Å². The lowest BCUT2D eigenvalue weighted by Gasteiger charge is -2.35. The van der Waals surface area contributed by atoms with Crippen molar-refractivity contribution in [2.75, 3.05) is 0 Å². The zero-order chi connectivity index (χ0) is 21.9. The number of pyridine rings is 1. The van der Waals surface area contributed by atoms with Crippen molar-refractivity contribution in [1.29, 1.82) is 5.26 Å². The summed E-state index contributed by atoms with van der Waals surface area (Å²) in [6, 6.07) is 13.5. The molecule has 0 aliphatic rings. The first-order valence-corrected chi connectivity index (χ1v) is 9.21. The maximum absolute atomic E-state index is 15.2. The molecule has 0 saturated heterocycles. The molecule has 3 aromatic rings. The SMILES string of the molecule is CCC(O)(c1ccc(F)cc1F)C(F)(F)c1ccc(Cc2ccc(C#N)cc2)cn1. The van der Waals surface area contributed by atoms with E-state index in [9.17, 15) is 13.9 Å². The molecule has 1 aromatic heterocycles. The molecule has 0 spiro atoms. The predicted molar refractivity (Wildman–Crippen MR) is 103 cm³/mol. The average molecular weight is 414 g/mol. The van der Waals surface area contributed by atoms with Crippen LogP contribution in [0.15, 0.2) is 60.8 Å². The van der Waals surface area contributed by atoms with Crippen LogP contribution in [0.5, 0.6) is 0 Å². The number of halogens is 4. The summed E-state index contributed by atoms with van der Waals surface area (Å²) in [6.45, 7) is 1.29. The van der Waals surface area contributed by atoms with Gasteiger partial charge in [0, 0.05) is 17.8 Å². The van der Waals surface area contributed by atoms with Gasteiger partial charge >= 0.3 is 5.92 Å². The van der Waals surface area contributed by atoms with E-state index in [2.05, 4.69) is 4.98 Å². The van der Waals surface area contributed by atoms with Gasteiger partial charge < -0.3 is 5.11 Å². The van der Waals surface area contributed by atoms with Gasteiger partial charge in [0.2, 0.25) is 0 Å². The van der Waals surface area contributed by atoms with Crippen LogP contribution in [0.1, 0.15) is 41.3 Å². The lowest BCUT2D eigenvalue weighted by Crippen LogP contribution is -2.44. The highest BCUT2D eigenvalue weighted by molar-refractivity contribution is 5.35. The van der Waals surface area contributed by atoms with Gasteiger partial charge in [-0.2, -0.15) is 14.0 Å². The second-order valence-electron chi connectivity index (χ2n) is 6.95. The number of rotatable bonds is 6. The van der Waals surface area contributed by atoms with E-state index >= 15 is 8.78 Å². The summed E-state index contributed by atoms with van der Waals surface area (Å²) in [5, 5.41) is 19.5. The quantitative estimate of drug-likeness (QED) is 0.563. The summed E-state index contributed by atoms with van der Waals surface area (Å²) < 4.78 is 57.8. The number of hydrogen-bond donors (Lipinski definition) is 1. The molecule has 0 saturated carbocycles. The molecule has 1 unspecified atom stereocenters. The summed E-state index contributed by atoms with van der Waals surface area (Å²) in [6.07, 6.45) is 1.16. The Balaban J connectivity index is 1.89. The molecule has 2 aromatic carbocycles. The van der Waals surface area contributed by atoms with Crippen molar-refractivity contribution in [3.63, 3.8) is 0 Å². The van der Waals surface area contributed by atoms with E-state index < -0.39 is 40.8 Å². The van der Waals surface area contributed by atoms with Crippen LogP contribution in [0.25, 0.3) is 0 Å². The molecule has 0 bridgehead atoms. The molecule has 0 aliphatic carbocycles. The van der Waals surface area contributed by atoms with E-state index in [1.165, 1.54) is 19.2 Å². The Morgan fingerprint density at radius 3 is 2.20 bits per heavy atom. The summed E-state index contributed by atoms with van der Waals surface area (Å²) >= 11 is 0. The van der Waals surface area contributed by atoms with Crippen molar-refractivity contribution in [3.8, 4) is 6.07 Å². The summed E-state index contributed by atoms with van der Waals surface area (Å²) in [4.78, 5) is 3.81. The highest BCUT2D eigenvalue weighted by Gasteiger charge is 2.56. The predicted octanol–water partition coefficient (Wildman–Crippen LogP) is 5.21. The molecular formula is C23H18F4N2O. The molecule has 3 nitrogen and oxygen atoms in total. The molecule has 30 heavy (non-hydrogen) atoms. The maximum Gasteiger partial charge on any atom is 0.321 e. The number of hydrogen-bond acceptors (Lipinski definition) is 3. The fourth-order valence-corrected chi connectivity index (χ4v) is 3.27. The smallest absolute Gasteiger partial charge is 0.321 e. The van der Waals surface area contributed by atoms with Crippen molar-refractivity contribution in [3.05, 3.63) is 100 Å². The molecular weight excluding hydrogens is 396 g/mol. The van der Waals surface area contributed by atoms with E-state index in [1.807, 2.05) is 6.07 Å². The van der Waals surface area contributed by atoms with Gasteiger partial charge in [-0.1, -0.05) is 31.2 Å². The van der Waals surface area contributed by atoms with Crippen molar-refractivity contribution in [2.45, 2.75) is 31.3 Å². The molecule has 1 atom stereocenters. The first-order chi connectivity index (χ1) is 14.2. The maximum atomic E-state index is 15.2. The van der Waals surface area contributed by atoms with Crippen molar-refractivity contribution in [1.82, 2.24) is 4.98 Å². The second-order valence-corrected chi connectivity index (χ2v) is 6.95. The van der Waals surface area contributed by atoms with E-state index in [1.54, 1.807) is 24.3 Å². The van der Waals surface area contributed by atoms with Crippen LogP contribution in [0.4, 0.5) is 17.6 Å². The normalized spacial score (nSPS) is 13.5. The summed E-state index contributed by atoms with van der Waals surface area (Å²) in [7, 11) is 0. The standard InChI is InChI=1S/C23H18F4N2O/c1-2-22(30,19-9-8-18(24)12-20(19)25)23(26,27)21-10-7-17(14-29-21)11-15-3-5-16(13-28)6-4-15/h3-10,12,14,30H,2,11H2,1H3. The molecule has 154 valence electrons. The first-order valence-electron chi connectivity index (χ1n) is 9.21. The summed E-state index contributed by atoms with van der Waals surface area (Å²) in [5.74, 6) is -6.10. The molecule has 0 amide bonds. The third-order valence-electron chi connectivity index (χ3n) is 5.05. The van der Waals surface area contributed by atoms with Gasteiger partial charge in [-0.25, -0.2) is 8.78 Å². The second kappa shape index (κ2) is 8.25. The lowest BCUT2D eigenvalue weighted by molar-refractivity contribution is -0.200. The molecule has 0 aliphatic heterocycles. The van der Waals surface area contributed by atoms with Crippen LogP contribution in [0, 0.1) is 23.0 Å². The molecule has 0 radical (unpaired) electrons. The van der Waals surface area contributed by atoms with E-state index in [4.69, 9.17) is 5.26 Å². The van der Waals surface area contributed by atoms with Gasteiger partial charge in [-0.3, -0.25) is 4.98 Å². The fraction of sp³-hybridized carbons (Fsp3) is 0.217. The Hall–Kier alpha value is -3.24. The van der Waals surface area contributed by atoms with Crippen molar-refractivity contribution in [2.24, 2.45) is 0 Å². The van der Waals surface area contributed by atoms with E-state index in [0.717, 1.165) is 23.8 Å². The van der Waals surface area contributed by atoms with Gasteiger partial charge in [0.1, 0.15) is 17.3 Å². The van der Waals surface area contributed by atoms with Crippen LogP contribution in [0.3, 0.4) is 0 Å². The Morgan fingerprint density at radius 2 is 1.67 bits per heavy atom. The van der Waals surface area contributed by atoms with E-state index in [0.29, 0.717) is 23.6 Å². The largest absolute Gasteiger partial charge is 0.378 e. The number of nitriles is 1. The average Bonchev–Trinajstić information content (AvgIpc) is 2.74.